The highest BCUT2D eigenvalue weighted by molar-refractivity contribution is 6.30. The van der Waals surface area contributed by atoms with Crippen LogP contribution in [0.2, 0.25) is 0 Å². The number of hydrogen-bond acceptors (Lipinski definition) is 6. The van der Waals surface area contributed by atoms with Crippen molar-refractivity contribution in [2.45, 2.75) is 38.6 Å². The van der Waals surface area contributed by atoms with Crippen molar-refractivity contribution >= 4 is 29.1 Å². The SMILES string of the molecule is CC[C@H]1CCCCN1C(=O)COC(=O)c1ccc2c(c1N)C(=O)c1ccccc1C2=O. The molecular formula is C24H24N2O5. The molecule has 7 nitrogen and oxygen atoms in total. The molecule has 7 heteroatoms. The Balaban J connectivity index is 1.54. The Labute approximate surface area is 180 Å². The molecular weight excluding hydrogens is 396 g/mol. The highest BCUT2D eigenvalue weighted by atomic mass is 16.5. The number of piperidine rings is 1. The van der Waals surface area contributed by atoms with Crippen molar-refractivity contribution in [3.63, 3.8) is 0 Å². The molecule has 4 rings (SSSR count). The molecule has 1 atom stereocenters. The fourth-order valence-corrected chi connectivity index (χ4v) is 4.43. The fraction of sp³-hybridized carbons (Fsp3) is 0.333. The Kier molecular flexibility index (Phi) is 5.59. The standard InChI is InChI=1S/C24H24N2O5/c1-2-14-7-5-6-12-26(14)19(27)13-31-24(30)18-11-10-17-20(21(18)25)23(29)16-9-4-3-8-15(16)22(17)28/h3-4,8-11,14H,2,5-7,12-13,25H2,1H3/t14-/m0/s1. The molecule has 1 heterocycles. The van der Waals surface area contributed by atoms with Crippen LogP contribution in [0, 0.1) is 0 Å². The summed E-state index contributed by atoms with van der Waals surface area (Å²) in [6.07, 6.45) is 3.83. The molecule has 2 N–H and O–H groups in total. The summed E-state index contributed by atoms with van der Waals surface area (Å²) >= 11 is 0. The van der Waals surface area contributed by atoms with E-state index in [4.69, 9.17) is 10.5 Å². The number of amides is 1. The van der Waals surface area contributed by atoms with Crippen LogP contribution in [0.15, 0.2) is 36.4 Å². The van der Waals surface area contributed by atoms with Gasteiger partial charge in [-0.1, -0.05) is 31.2 Å². The lowest BCUT2D eigenvalue weighted by Crippen LogP contribution is -2.45. The number of esters is 1. The van der Waals surface area contributed by atoms with E-state index in [1.54, 1.807) is 29.2 Å². The minimum absolute atomic E-state index is 0.00607. The summed E-state index contributed by atoms with van der Waals surface area (Å²) in [5.41, 5.74) is 6.74. The zero-order chi connectivity index (χ0) is 22.1. The minimum Gasteiger partial charge on any atom is -0.452 e. The molecule has 0 spiro atoms. The normalized spacial score (nSPS) is 17.7. The van der Waals surface area contributed by atoms with Crippen LogP contribution >= 0.6 is 0 Å². The molecule has 1 saturated heterocycles. The van der Waals surface area contributed by atoms with Crippen LogP contribution < -0.4 is 5.73 Å². The number of fused-ring (bicyclic) bond motifs is 2. The number of ketones is 2. The summed E-state index contributed by atoms with van der Waals surface area (Å²) in [6.45, 7) is 2.31. The lowest BCUT2D eigenvalue weighted by atomic mass is 9.82. The predicted octanol–water partition coefficient (Wildman–Crippen LogP) is 2.99. The maximum absolute atomic E-state index is 12.9. The molecule has 0 aromatic heterocycles. The first-order valence-electron chi connectivity index (χ1n) is 10.5. The van der Waals surface area contributed by atoms with Gasteiger partial charge < -0.3 is 15.4 Å². The van der Waals surface area contributed by atoms with Crippen LogP contribution in [0.3, 0.4) is 0 Å². The van der Waals surface area contributed by atoms with E-state index in [9.17, 15) is 19.2 Å². The predicted molar refractivity (Wildman–Crippen MR) is 114 cm³/mol. The molecule has 1 fully saturated rings. The third-order valence-electron chi connectivity index (χ3n) is 6.10. The average molecular weight is 420 g/mol. The number of rotatable bonds is 4. The summed E-state index contributed by atoms with van der Waals surface area (Å²) in [4.78, 5) is 52.7. The first-order valence-corrected chi connectivity index (χ1v) is 10.5. The first-order chi connectivity index (χ1) is 14.9. The van der Waals surface area contributed by atoms with Crippen molar-refractivity contribution in [2.75, 3.05) is 18.9 Å². The zero-order valence-corrected chi connectivity index (χ0v) is 17.3. The van der Waals surface area contributed by atoms with E-state index in [1.165, 1.54) is 12.1 Å². The van der Waals surface area contributed by atoms with Crippen molar-refractivity contribution in [3.8, 4) is 0 Å². The number of nitrogens with zero attached hydrogens (tertiary/aromatic N) is 1. The van der Waals surface area contributed by atoms with Crippen LogP contribution in [-0.4, -0.2) is 47.5 Å². The lowest BCUT2D eigenvalue weighted by Gasteiger charge is -2.35. The van der Waals surface area contributed by atoms with Gasteiger partial charge in [0.15, 0.2) is 18.2 Å². The number of nitrogens with two attached hydrogens (primary N) is 1. The van der Waals surface area contributed by atoms with Crippen LogP contribution in [0.25, 0.3) is 0 Å². The van der Waals surface area contributed by atoms with Gasteiger partial charge in [-0.15, -0.1) is 0 Å². The van der Waals surface area contributed by atoms with Gasteiger partial charge in [-0.25, -0.2) is 4.79 Å². The quantitative estimate of drug-likeness (QED) is 0.514. The van der Waals surface area contributed by atoms with E-state index >= 15 is 0 Å². The van der Waals surface area contributed by atoms with Gasteiger partial charge in [-0.3, -0.25) is 14.4 Å². The van der Waals surface area contributed by atoms with E-state index in [0.29, 0.717) is 12.1 Å². The second kappa shape index (κ2) is 8.34. The number of hydrogen-bond donors (Lipinski definition) is 1. The smallest absolute Gasteiger partial charge is 0.340 e. The Morgan fingerprint density at radius 1 is 1.03 bits per heavy atom. The van der Waals surface area contributed by atoms with E-state index in [1.807, 2.05) is 6.92 Å². The summed E-state index contributed by atoms with van der Waals surface area (Å²) in [7, 11) is 0. The Hall–Kier alpha value is -3.48. The molecule has 0 saturated carbocycles. The van der Waals surface area contributed by atoms with Gasteiger partial charge in [0.2, 0.25) is 0 Å². The maximum atomic E-state index is 12.9. The van der Waals surface area contributed by atoms with Gasteiger partial charge >= 0.3 is 5.97 Å². The van der Waals surface area contributed by atoms with Crippen molar-refractivity contribution in [2.24, 2.45) is 0 Å². The number of nitrogen functional groups attached to an aromatic ring is 1. The third-order valence-corrected chi connectivity index (χ3v) is 6.10. The number of ether oxygens (including phenoxy) is 1. The monoisotopic (exact) mass is 420 g/mol. The van der Waals surface area contributed by atoms with E-state index in [0.717, 1.165) is 25.7 Å². The summed E-state index contributed by atoms with van der Waals surface area (Å²) in [5, 5.41) is 0. The van der Waals surface area contributed by atoms with E-state index in [-0.39, 0.29) is 52.3 Å². The third kappa shape index (κ3) is 3.60. The van der Waals surface area contributed by atoms with Gasteiger partial charge in [0.1, 0.15) is 0 Å². The van der Waals surface area contributed by atoms with Crippen molar-refractivity contribution in [1.82, 2.24) is 4.90 Å². The molecule has 2 aliphatic rings. The van der Waals surface area contributed by atoms with Crippen molar-refractivity contribution in [1.29, 1.82) is 0 Å². The minimum atomic E-state index is -0.794. The number of anilines is 1. The Morgan fingerprint density at radius 3 is 2.45 bits per heavy atom. The average Bonchev–Trinajstić information content (AvgIpc) is 2.80. The van der Waals surface area contributed by atoms with Gasteiger partial charge in [0.25, 0.3) is 5.91 Å². The van der Waals surface area contributed by atoms with Gasteiger partial charge in [-0.05, 0) is 37.8 Å². The molecule has 1 aliphatic carbocycles. The largest absolute Gasteiger partial charge is 0.452 e. The maximum Gasteiger partial charge on any atom is 0.340 e. The zero-order valence-electron chi connectivity index (χ0n) is 17.3. The summed E-state index contributed by atoms with van der Waals surface area (Å²) < 4.78 is 5.23. The van der Waals surface area contributed by atoms with Crippen LogP contribution in [-0.2, 0) is 9.53 Å². The Bertz CT molecular complexity index is 1090. The second-order valence-electron chi connectivity index (χ2n) is 7.87. The molecule has 2 aromatic rings. The van der Waals surface area contributed by atoms with Gasteiger partial charge in [0, 0.05) is 29.3 Å². The van der Waals surface area contributed by atoms with Gasteiger partial charge in [0.05, 0.1) is 16.8 Å². The van der Waals surface area contributed by atoms with E-state index < -0.39 is 11.8 Å². The molecule has 1 amide bonds. The fourth-order valence-electron chi connectivity index (χ4n) is 4.43. The highest BCUT2D eigenvalue weighted by Gasteiger charge is 2.33. The number of benzene rings is 2. The van der Waals surface area contributed by atoms with E-state index in [2.05, 4.69) is 0 Å². The lowest BCUT2D eigenvalue weighted by molar-refractivity contribution is -0.138. The van der Waals surface area contributed by atoms with Crippen molar-refractivity contribution < 1.29 is 23.9 Å². The molecule has 0 bridgehead atoms. The van der Waals surface area contributed by atoms with Gasteiger partial charge in [-0.2, -0.15) is 0 Å². The van der Waals surface area contributed by atoms with Crippen molar-refractivity contribution in [3.05, 3.63) is 64.2 Å². The molecule has 0 unspecified atom stereocenters. The molecule has 31 heavy (non-hydrogen) atoms. The van der Waals surface area contributed by atoms with Crippen LogP contribution in [0.4, 0.5) is 5.69 Å². The molecule has 0 radical (unpaired) electrons. The highest BCUT2D eigenvalue weighted by Crippen LogP contribution is 2.33. The summed E-state index contributed by atoms with van der Waals surface area (Å²) in [5.74, 6) is -1.76. The first kappa shape index (κ1) is 20.8. The van der Waals surface area contributed by atoms with Crippen LogP contribution in [0.5, 0.6) is 0 Å². The topological polar surface area (TPSA) is 107 Å². The Morgan fingerprint density at radius 2 is 1.74 bits per heavy atom. The summed E-state index contributed by atoms with van der Waals surface area (Å²) in [6, 6.07) is 9.45. The number of carbonyl (C=O) groups excluding carboxylic acids is 4. The van der Waals surface area contributed by atoms with Crippen LogP contribution in [0.1, 0.15) is 74.8 Å². The number of likely N-dealkylation sites (tertiary alicyclic amines) is 1. The molecule has 2 aromatic carbocycles. The number of carbonyl (C=O) groups is 4. The second-order valence-corrected chi connectivity index (χ2v) is 7.87. The molecule has 1 aliphatic heterocycles. The molecule has 160 valence electrons.